The number of nitrogens with two attached hydrogens (primary N) is 1. The molecule has 5 nitrogen and oxygen atoms in total. The van der Waals surface area contributed by atoms with Crippen molar-refractivity contribution in [1.29, 1.82) is 0 Å². The van der Waals surface area contributed by atoms with Crippen molar-refractivity contribution < 1.29 is 14.0 Å². The van der Waals surface area contributed by atoms with Crippen LogP contribution in [0.1, 0.15) is 19.5 Å². The molecule has 19 heavy (non-hydrogen) atoms. The number of anilines is 1. The Morgan fingerprint density at radius 1 is 1.16 bits per heavy atom. The van der Waals surface area contributed by atoms with Crippen LogP contribution in [0.25, 0.3) is 11.1 Å². The molecule has 0 spiro atoms. The molecule has 0 saturated carbocycles. The van der Waals surface area contributed by atoms with Gasteiger partial charge in [0.05, 0.1) is 24.5 Å². The average molecular weight is 262 g/mol. The first-order valence-corrected chi connectivity index (χ1v) is 6.29. The molecule has 0 radical (unpaired) electrons. The first kappa shape index (κ1) is 13.3. The van der Waals surface area contributed by atoms with Gasteiger partial charge in [0.2, 0.25) is 5.88 Å². The molecule has 0 atom stereocenters. The zero-order valence-corrected chi connectivity index (χ0v) is 11.4. The molecule has 0 aliphatic heterocycles. The van der Waals surface area contributed by atoms with E-state index in [-0.39, 0.29) is 0 Å². The summed E-state index contributed by atoms with van der Waals surface area (Å²) in [6.45, 7) is 6.88. The summed E-state index contributed by atoms with van der Waals surface area (Å²) < 4.78 is 16.1. The van der Waals surface area contributed by atoms with Crippen molar-refractivity contribution in [3.63, 3.8) is 0 Å². The van der Waals surface area contributed by atoms with E-state index in [1.54, 1.807) is 0 Å². The third-order valence-electron chi connectivity index (χ3n) is 2.72. The molecule has 2 aromatic rings. The second-order valence-corrected chi connectivity index (χ2v) is 4.03. The van der Waals surface area contributed by atoms with Crippen molar-refractivity contribution in [2.45, 2.75) is 20.8 Å². The molecule has 0 amide bonds. The fraction of sp³-hybridized carbons (Fsp3) is 0.357. The first-order chi connectivity index (χ1) is 9.17. The lowest BCUT2D eigenvalue weighted by atomic mass is 10.1. The molecule has 1 heterocycles. The standard InChI is InChI=1S/C14H18N2O3/c1-4-17-11-7-6-10(8-12(11)18-5-2)13-9(3)16-19-14(13)15/h6-8H,4-5,15H2,1-3H3. The van der Waals surface area contributed by atoms with Gasteiger partial charge in [-0.05, 0) is 38.5 Å². The van der Waals surface area contributed by atoms with Gasteiger partial charge in [-0.3, -0.25) is 0 Å². The van der Waals surface area contributed by atoms with E-state index in [1.807, 2.05) is 39.0 Å². The molecule has 0 unspecified atom stereocenters. The number of nitrogens with zero attached hydrogens (tertiary/aromatic N) is 1. The highest BCUT2D eigenvalue weighted by atomic mass is 16.5. The minimum atomic E-state index is 0.309. The summed E-state index contributed by atoms with van der Waals surface area (Å²) in [6, 6.07) is 5.68. The number of nitrogen functional groups attached to an aromatic ring is 1. The quantitative estimate of drug-likeness (QED) is 0.896. The molecule has 0 saturated heterocycles. The molecule has 1 aromatic carbocycles. The number of benzene rings is 1. The van der Waals surface area contributed by atoms with Crippen LogP contribution in [0, 0.1) is 6.92 Å². The van der Waals surface area contributed by atoms with E-state index in [9.17, 15) is 0 Å². The average Bonchev–Trinajstić information content (AvgIpc) is 2.72. The van der Waals surface area contributed by atoms with E-state index in [1.165, 1.54) is 0 Å². The van der Waals surface area contributed by atoms with E-state index in [0.717, 1.165) is 22.6 Å². The number of hydrogen-bond donors (Lipinski definition) is 1. The highest BCUT2D eigenvalue weighted by Crippen LogP contribution is 2.36. The SMILES string of the molecule is CCOc1ccc(-c2c(C)noc2N)cc1OCC. The molecule has 0 aliphatic rings. The summed E-state index contributed by atoms with van der Waals surface area (Å²) in [6.07, 6.45) is 0. The maximum Gasteiger partial charge on any atom is 0.230 e. The van der Waals surface area contributed by atoms with Crippen LogP contribution in [0.4, 0.5) is 5.88 Å². The Labute approximate surface area is 112 Å². The minimum absolute atomic E-state index is 0.309. The highest BCUT2D eigenvalue weighted by molar-refractivity contribution is 5.76. The Hall–Kier alpha value is -2.17. The fourth-order valence-corrected chi connectivity index (χ4v) is 1.94. The van der Waals surface area contributed by atoms with Gasteiger partial charge >= 0.3 is 0 Å². The lowest BCUT2D eigenvalue weighted by Gasteiger charge is -2.12. The molecular weight excluding hydrogens is 244 g/mol. The zero-order chi connectivity index (χ0) is 13.8. The maximum atomic E-state index is 5.79. The van der Waals surface area contributed by atoms with E-state index in [0.29, 0.717) is 24.8 Å². The molecule has 0 bridgehead atoms. The summed E-state index contributed by atoms with van der Waals surface area (Å²) in [5.41, 5.74) is 8.25. The van der Waals surface area contributed by atoms with Crippen LogP contribution in [0.3, 0.4) is 0 Å². The van der Waals surface area contributed by atoms with Crippen LogP contribution in [-0.4, -0.2) is 18.4 Å². The molecule has 5 heteroatoms. The number of rotatable bonds is 5. The Kier molecular flexibility index (Phi) is 3.94. The number of ether oxygens (including phenoxy) is 2. The lowest BCUT2D eigenvalue weighted by molar-refractivity contribution is 0.288. The van der Waals surface area contributed by atoms with E-state index >= 15 is 0 Å². The van der Waals surface area contributed by atoms with E-state index < -0.39 is 0 Å². The molecule has 2 rings (SSSR count). The lowest BCUT2D eigenvalue weighted by Crippen LogP contribution is -1.99. The van der Waals surface area contributed by atoms with Gasteiger partial charge in [-0.1, -0.05) is 11.2 Å². The van der Waals surface area contributed by atoms with Gasteiger partial charge in [-0.2, -0.15) is 0 Å². The Morgan fingerprint density at radius 3 is 2.42 bits per heavy atom. The van der Waals surface area contributed by atoms with Crippen molar-refractivity contribution in [2.75, 3.05) is 18.9 Å². The van der Waals surface area contributed by atoms with Crippen LogP contribution >= 0.6 is 0 Å². The Bertz CT molecular complexity index is 544. The van der Waals surface area contributed by atoms with Crippen LogP contribution < -0.4 is 15.2 Å². The Morgan fingerprint density at radius 2 is 1.84 bits per heavy atom. The molecule has 0 aliphatic carbocycles. The van der Waals surface area contributed by atoms with Crippen molar-refractivity contribution in [3.8, 4) is 22.6 Å². The molecule has 1 aromatic heterocycles. The summed E-state index contributed by atoms with van der Waals surface area (Å²) in [7, 11) is 0. The summed E-state index contributed by atoms with van der Waals surface area (Å²) in [5, 5.41) is 3.85. The van der Waals surface area contributed by atoms with Crippen LogP contribution in [-0.2, 0) is 0 Å². The third kappa shape index (κ3) is 2.65. The molecule has 102 valence electrons. The molecule has 2 N–H and O–H groups in total. The number of aromatic nitrogens is 1. The van der Waals surface area contributed by atoms with Crippen molar-refractivity contribution in [3.05, 3.63) is 23.9 Å². The van der Waals surface area contributed by atoms with Crippen molar-refractivity contribution >= 4 is 5.88 Å². The van der Waals surface area contributed by atoms with Crippen molar-refractivity contribution in [1.82, 2.24) is 5.16 Å². The first-order valence-electron chi connectivity index (χ1n) is 6.29. The van der Waals surface area contributed by atoms with Gasteiger partial charge in [0, 0.05) is 0 Å². The van der Waals surface area contributed by atoms with Gasteiger partial charge in [0.25, 0.3) is 0 Å². The Balaban J connectivity index is 2.45. The summed E-state index contributed by atoms with van der Waals surface area (Å²) in [5.74, 6) is 1.73. The highest BCUT2D eigenvalue weighted by Gasteiger charge is 2.15. The molecular formula is C14H18N2O3. The topological polar surface area (TPSA) is 70.5 Å². The minimum Gasteiger partial charge on any atom is -0.490 e. The fourth-order valence-electron chi connectivity index (χ4n) is 1.94. The van der Waals surface area contributed by atoms with Crippen LogP contribution in [0.2, 0.25) is 0 Å². The maximum absolute atomic E-state index is 5.79. The largest absolute Gasteiger partial charge is 0.490 e. The summed E-state index contributed by atoms with van der Waals surface area (Å²) in [4.78, 5) is 0. The smallest absolute Gasteiger partial charge is 0.230 e. The zero-order valence-electron chi connectivity index (χ0n) is 11.4. The predicted octanol–water partition coefficient (Wildman–Crippen LogP) is 3.03. The van der Waals surface area contributed by atoms with Gasteiger partial charge in [-0.15, -0.1) is 0 Å². The van der Waals surface area contributed by atoms with Gasteiger partial charge in [-0.25, -0.2) is 0 Å². The summed E-state index contributed by atoms with van der Waals surface area (Å²) >= 11 is 0. The third-order valence-corrected chi connectivity index (χ3v) is 2.72. The normalized spacial score (nSPS) is 10.5. The van der Waals surface area contributed by atoms with E-state index in [4.69, 9.17) is 19.7 Å². The second kappa shape index (κ2) is 5.65. The van der Waals surface area contributed by atoms with Crippen LogP contribution in [0.5, 0.6) is 11.5 Å². The monoisotopic (exact) mass is 262 g/mol. The predicted molar refractivity (Wildman–Crippen MR) is 73.4 cm³/mol. The van der Waals surface area contributed by atoms with Crippen LogP contribution in [0.15, 0.2) is 22.7 Å². The number of hydrogen-bond acceptors (Lipinski definition) is 5. The molecule has 0 fully saturated rings. The van der Waals surface area contributed by atoms with Crippen molar-refractivity contribution in [2.24, 2.45) is 0 Å². The number of aryl methyl sites for hydroxylation is 1. The van der Waals surface area contributed by atoms with Gasteiger partial charge in [0.1, 0.15) is 0 Å². The second-order valence-electron chi connectivity index (χ2n) is 4.03. The van der Waals surface area contributed by atoms with E-state index in [2.05, 4.69) is 5.16 Å². The van der Waals surface area contributed by atoms with Gasteiger partial charge in [0.15, 0.2) is 11.5 Å². The van der Waals surface area contributed by atoms with Gasteiger partial charge < -0.3 is 19.7 Å².